The summed E-state index contributed by atoms with van der Waals surface area (Å²) in [7, 11) is 0. The number of nitrogens with zero attached hydrogens (tertiary/aromatic N) is 2. The van der Waals surface area contributed by atoms with Crippen LogP contribution in [-0.2, 0) is 4.79 Å². The van der Waals surface area contributed by atoms with Crippen molar-refractivity contribution in [2.24, 2.45) is 0 Å². The number of aliphatic hydroxyl groups excluding tert-OH is 1. The van der Waals surface area contributed by atoms with Crippen LogP contribution in [0.4, 0.5) is 16.5 Å². The van der Waals surface area contributed by atoms with Crippen LogP contribution in [0.3, 0.4) is 0 Å². The third-order valence-corrected chi connectivity index (χ3v) is 5.99. The molecule has 33 heavy (non-hydrogen) atoms. The van der Waals surface area contributed by atoms with E-state index in [1.807, 2.05) is 29.6 Å². The number of nitrogens with one attached hydrogen (secondary N) is 2. The average Bonchev–Trinajstić information content (AvgIpc) is 3.26. The molecule has 1 aliphatic rings. The van der Waals surface area contributed by atoms with Crippen LogP contribution in [-0.4, -0.2) is 47.6 Å². The van der Waals surface area contributed by atoms with E-state index < -0.39 is 0 Å². The molecule has 0 aliphatic carbocycles. The maximum atomic E-state index is 12.2. The van der Waals surface area contributed by atoms with Crippen molar-refractivity contribution in [3.8, 4) is 11.3 Å². The molecule has 1 fully saturated rings. The number of rotatable bonds is 6. The van der Waals surface area contributed by atoms with Crippen molar-refractivity contribution in [3.05, 3.63) is 59.5 Å². The van der Waals surface area contributed by atoms with Crippen LogP contribution < -0.4 is 21.3 Å². The van der Waals surface area contributed by atoms with Gasteiger partial charge in [0.2, 0.25) is 5.91 Å². The van der Waals surface area contributed by atoms with Gasteiger partial charge in [-0.3, -0.25) is 9.59 Å². The van der Waals surface area contributed by atoms with Crippen LogP contribution in [0.15, 0.2) is 53.9 Å². The molecule has 10 heteroatoms. The zero-order valence-electron chi connectivity index (χ0n) is 18.0. The maximum Gasteiger partial charge on any atom is 0.251 e. The van der Waals surface area contributed by atoms with Gasteiger partial charge in [-0.1, -0.05) is 12.1 Å². The van der Waals surface area contributed by atoms with Gasteiger partial charge in [-0.05, 0) is 49.2 Å². The van der Waals surface area contributed by atoms with E-state index in [9.17, 15) is 14.7 Å². The highest BCUT2D eigenvalue weighted by molar-refractivity contribution is 7.59. The number of carbonyl (C=O) groups is 2. The van der Waals surface area contributed by atoms with Gasteiger partial charge in [-0.15, -0.1) is 11.3 Å². The molecule has 3 aromatic rings. The Labute approximate surface area is 203 Å². The highest BCUT2D eigenvalue weighted by atomic mass is 32.1. The van der Waals surface area contributed by atoms with Crippen molar-refractivity contribution in [2.45, 2.75) is 18.9 Å². The fourth-order valence-electron chi connectivity index (χ4n) is 3.58. The normalized spacial score (nSPS) is 15.4. The number of aromatic nitrogens is 1. The maximum absolute atomic E-state index is 12.2. The van der Waals surface area contributed by atoms with Crippen LogP contribution in [0.25, 0.3) is 11.3 Å². The van der Waals surface area contributed by atoms with Gasteiger partial charge in [0.05, 0.1) is 18.3 Å². The van der Waals surface area contributed by atoms with E-state index in [0.717, 1.165) is 36.3 Å². The van der Waals surface area contributed by atoms with Crippen LogP contribution in [0.2, 0.25) is 0 Å². The second-order valence-corrected chi connectivity index (χ2v) is 8.54. The topological polar surface area (TPSA) is 121 Å². The van der Waals surface area contributed by atoms with Crippen molar-refractivity contribution in [1.82, 2.24) is 10.3 Å². The van der Waals surface area contributed by atoms with E-state index in [2.05, 4.69) is 20.5 Å². The van der Waals surface area contributed by atoms with Crippen LogP contribution in [0.5, 0.6) is 0 Å². The number of nitrogens with two attached hydrogens (primary N) is 1. The number of nitrogen functional groups attached to an aromatic ring is 1. The highest BCUT2D eigenvalue weighted by Gasteiger charge is 2.18. The first-order valence-corrected chi connectivity index (χ1v) is 11.3. The number of piperidine rings is 1. The molecule has 4 rings (SSSR count). The number of anilines is 3. The Kier molecular flexibility index (Phi) is 8.32. The number of benzene rings is 2. The van der Waals surface area contributed by atoms with Crippen molar-refractivity contribution < 1.29 is 14.7 Å². The third-order valence-electron chi connectivity index (χ3n) is 5.24. The summed E-state index contributed by atoms with van der Waals surface area (Å²) >= 11 is 1.32. The summed E-state index contributed by atoms with van der Waals surface area (Å²) in [6.45, 7) is 1.38. The lowest BCUT2D eigenvalue weighted by atomic mass is 10.1. The fourth-order valence-corrected chi connectivity index (χ4v) is 4.31. The molecule has 2 aromatic carbocycles. The summed E-state index contributed by atoms with van der Waals surface area (Å²) in [4.78, 5) is 31.0. The number of aliphatic hydroxyl groups is 1. The van der Waals surface area contributed by atoms with Crippen molar-refractivity contribution in [3.63, 3.8) is 0 Å². The Morgan fingerprint density at radius 3 is 2.76 bits per heavy atom. The molecule has 0 radical (unpaired) electrons. The molecule has 174 valence electrons. The molecular formula is C23H27N5O3S2. The summed E-state index contributed by atoms with van der Waals surface area (Å²) in [6.07, 6.45) is 1.51. The van der Waals surface area contributed by atoms with E-state index in [1.54, 1.807) is 24.3 Å². The number of hydrogen-bond donors (Lipinski definition) is 4. The van der Waals surface area contributed by atoms with Crippen molar-refractivity contribution >= 4 is 53.2 Å². The minimum absolute atomic E-state index is 0. The van der Waals surface area contributed by atoms with Gasteiger partial charge >= 0.3 is 0 Å². The van der Waals surface area contributed by atoms with Gasteiger partial charge in [0.25, 0.3) is 5.91 Å². The largest absolute Gasteiger partial charge is 0.399 e. The summed E-state index contributed by atoms with van der Waals surface area (Å²) in [5.74, 6) is -0.703. The van der Waals surface area contributed by atoms with Crippen LogP contribution in [0.1, 0.15) is 23.2 Å². The molecule has 1 aliphatic heterocycles. The van der Waals surface area contributed by atoms with Gasteiger partial charge in [0.1, 0.15) is 0 Å². The fraction of sp³-hybridized carbons (Fsp3) is 0.261. The first-order valence-electron chi connectivity index (χ1n) is 10.4. The van der Waals surface area contributed by atoms with E-state index in [1.165, 1.54) is 11.3 Å². The van der Waals surface area contributed by atoms with Crippen molar-refractivity contribution in [1.29, 1.82) is 0 Å². The monoisotopic (exact) mass is 485 g/mol. The number of carbonyl (C=O) groups excluding carboxylic acids is 2. The van der Waals surface area contributed by atoms with Crippen molar-refractivity contribution in [2.75, 3.05) is 35.6 Å². The molecule has 2 heterocycles. The third kappa shape index (κ3) is 6.47. The molecule has 5 N–H and O–H groups in total. The zero-order chi connectivity index (χ0) is 22.5. The number of thiazole rings is 1. The van der Waals surface area contributed by atoms with Crippen LogP contribution >= 0.6 is 24.8 Å². The number of hydrogen-bond acceptors (Lipinski definition) is 7. The standard InChI is InChI=1S/C23H25N5O3S.H2S/c24-17-8-6-15(7-9-17)22(31)25-12-21(30)27-23-26-20(14-32-23)16-3-1-4-18(11-16)28-10-2-5-19(29)13-28;/h1,3-4,6-9,11,14,19,29H,2,5,10,12-13,24H2,(H,25,31)(H,26,27,30);1H2/t19-;/m0./s1. The number of amides is 2. The zero-order valence-corrected chi connectivity index (χ0v) is 19.8. The SMILES string of the molecule is Nc1ccc(C(=O)NCC(=O)Nc2nc(-c3cccc(N4CCC[C@H](O)C4)c3)cs2)cc1.S. The molecule has 8 nitrogen and oxygen atoms in total. The molecule has 1 atom stereocenters. The Morgan fingerprint density at radius 2 is 2.00 bits per heavy atom. The quantitative estimate of drug-likeness (QED) is 0.399. The summed E-state index contributed by atoms with van der Waals surface area (Å²) in [5.41, 5.74) is 9.37. The van der Waals surface area contributed by atoms with E-state index >= 15 is 0 Å². The molecule has 0 unspecified atom stereocenters. The number of β-amino-alcohol motifs (C(OH)–C–C–N with tert-alkyl or cyclic N) is 1. The van der Waals surface area contributed by atoms with E-state index in [4.69, 9.17) is 5.73 Å². The molecular weight excluding hydrogens is 458 g/mol. The summed E-state index contributed by atoms with van der Waals surface area (Å²) in [6, 6.07) is 14.5. The van der Waals surface area contributed by atoms with Gasteiger partial charge in [-0.25, -0.2) is 4.98 Å². The van der Waals surface area contributed by atoms with Gasteiger partial charge < -0.3 is 26.4 Å². The first kappa shape index (κ1) is 24.6. The van der Waals surface area contributed by atoms with Crippen LogP contribution in [0, 0.1) is 0 Å². The van der Waals surface area contributed by atoms with E-state index in [-0.39, 0.29) is 38.0 Å². The molecule has 1 saturated heterocycles. The summed E-state index contributed by atoms with van der Waals surface area (Å²) in [5, 5.41) is 17.6. The predicted octanol–water partition coefficient (Wildman–Crippen LogP) is 2.83. The lowest BCUT2D eigenvalue weighted by molar-refractivity contribution is -0.115. The molecule has 0 bridgehead atoms. The Balaban J connectivity index is 0.00000306. The van der Waals surface area contributed by atoms with Gasteiger partial charge in [0, 0.05) is 41.0 Å². The Bertz CT molecular complexity index is 1100. The second-order valence-electron chi connectivity index (χ2n) is 7.68. The highest BCUT2D eigenvalue weighted by Crippen LogP contribution is 2.29. The first-order chi connectivity index (χ1) is 15.5. The van der Waals surface area contributed by atoms with Gasteiger partial charge in [-0.2, -0.15) is 13.5 Å². The average molecular weight is 486 g/mol. The lowest BCUT2D eigenvalue weighted by Gasteiger charge is -2.32. The summed E-state index contributed by atoms with van der Waals surface area (Å²) < 4.78 is 0. The second kappa shape index (κ2) is 11.2. The molecule has 0 saturated carbocycles. The molecule has 0 spiro atoms. The predicted molar refractivity (Wildman–Crippen MR) is 137 cm³/mol. The molecule has 2 amide bonds. The Morgan fingerprint density at radius 1 is 1.21 bits per heavy atom. The van der Waals surface area contributed by atoms with Gasteiger partial charge in [0.15, 0.2) is 5.13 Å². The van der Waals surface area contributed by atoms with E-state index in [0.29, 0.717) is 22.9 Å². The Hall–Kier alpha value is -3.08. The smallest absolute Gasteiger partial charge is 0.251 e. The minimum Gasteiger partial charge on any atom is -0.399 e. The lowest BCUT2D eigenvalue weighted by Crippen LogP contribution is -2.38. The molecule has 1 aromatic heterocycles. The minimum atomic E-state index is -0.356.